The van der Waals surface area contributed by atoms with Gasteiger partial charge in [-0.05, 0) is 183 Å². The molecule has 0 bridgehead atoms. The number of benzene rings is 7. The van der Waals surface area contributed by atoms with E-state index in [4.69, 9.17) is 14.2 Å². The highest BCUT2D eigenvalue weighted by molar-refractivity contribution is 8.52. The Labute approximate surface area is 515 Å². The molecule has 464 valence electrons. The van der Waals surface area contributed by atoms with Crippen molar-refractivity contribution in [2.24, 2.45) is 15.0 Å². The fraction of sp³-hybridized carbons (Fsp3) is 0.338. The molecule has 1 unspecified atom stereocenters. The largest absolute Gasteiger partial charge is 0.475 e. The number of hydrogen-bond donors (Lipinski definition) is 0. The van der Waals surface area contributed by atoms with E-state index in [-0.39, 0.29) is 49.8 Å². The average Bonchev–Trinajstić information content (AvgIpc) is 1.76. The second kappa shape index (κ2) is 30.8. The van der Waals surface area contributed by atoms with Gasteiger partial charge < -0.3 is 14.2 Å². The molecule has 0 radical (unpaired) electrons. The number of hydrogen-bond acceptors (Lipinski definition) is 8. The Morgan fingerprint density at radius 2 is 0.816 bits per heavy atom. The van der Waals surface area contributed by atoms with Gasteiger partial charge in [-0.1, -0.05) is 134 Å². The van der Waals surface area contributed by atoms with Gasteiger partial charge in [0.05, 0.1) is 34.0 Å². The molecular weight excluding hydrogens is 1200 g/mol. The topological polar surface area (TPSA) is 81.8 Å². The van der Waals surface area contributed by atoms with Crippen molar-refractivity contribution in [2.45, 2.75) is 126 Å². The van der Waals surface area contributed by atoms with Crippen molar-refractivity contribution in [1.82, 2.24) is 0 Å². The van der Waals surface area contributed by atoms with Gasteiger partial charge in [-0.2, -0.15) is 26.3 Å². The maximum atomic E-state index is 14.5. The standard InChI is InChI=1S/C25H21F5NOP.C25H23F3NOP.C11H13NO.C5H12OPS.2CH4/c1-14-4-7-18(11-21(14)26)33(19-8-5-15(2)22(27)12-19)23-9-6-17(25(28,29)30)10-20(23)24-31-16(3)13-32-24;1-16-4-9-20(10-5-16)31(21-11-6-17(2)7-12-21)23-13-8-19(25(26,27)28)14-22(23)24-29-18(3)15-30-24;1-8-5-3-4-6-10(8)11-12-9(2)7-13-11;1-5(2,3)8-7(4)6;;/h4-12,16H,13H2,1-3H3;4-14,18H,15H2,1-3H3;3-6,9H,7H2,1-2H3;1-4H3;2*1H4/q;;;+1;;/t16-;18-;9-;;;/m000.../s1. The van der Waals surface area contributed by atoms with Crippen molar-refractivity contribution in [1.29, 1.82) is 0 Å². The Bertz CT molecular complexity index is 3490. The van der Waals surface area contributed by atoms with Crippen LogP contribution in [0, 0.1) is 46.3 Å². The minimum absolute atomic E-state index is 0. The Balaban J connectivity index is 0.000000235. The van der Waals surface area contributed by atoms with E-state index in [2.05, 4.69) is 79.9 Å². The van der Waals surface area contributed by atoms with E-state index < -0.39 is 58.0 Å². The zero-order valence-electron chi connectivity index (χ0n) is 49.5. The molecule has 0 fully saturated rings. The van der Waals surface area contributed by atoms with Gasteiger partial charge in [0.25, 0.3) is 0 Å². The maximum absolute atomic E-state index is 14.5. The molecule has 0 spiro atoms. The van der Waals surface area contributed by atoms with E-state index in [1.807, 2.05) is 63.2 Å². The molecule has 0 aromatic heterocycles. The highest BCUT2D eigenvalue weighted by Gasteiger charge is 2.36. The molecule has 10 rings (SSSR count). The molecule has 0 amide bonds. The van der Waals surface area contributed by atoms with Crippen molar-refractivity contribution in [3.8, 4) is 0 Å². The Kier molecular flexibility index (Phi) is 25.3. The molecule has 7 nitrogen and oxygen atoms in total. The number of ether oxygens (including phenoxy) is 3. The summed E-state index contributed by atoms with van der Waals surface area (Å²) in [4.78, 5) is 13.3. The molecule has 7 aromatic rings. The summed E-state index contributed by atoms with van der Waals surface area (Å²) < 4.78 is 138. The zero-order valence-corrected chi connectivity index (χ0v) is 53.0. The summed E-state index contributed by atoms with van der Waals surface area (Å²) in [5, 5.41) is 4.52. The number of rotatable bonds is 10. The third kappa shape index (κ3) is 19.6. The van der Waals surface area contributed by atoms with Crippen molar-refractivity contribution in [2.75, 3.05) is 26.5 Å². The van der Waals surface area contributed by atoms with Gasteiger partial charge in [0.2, 0.25) is 17.7 Å². The predicted octanol–water partition coefficient (Wildman–Crippen LogP) is 17.1. The summed E-state index contributed by atoms with van der Waals surface area (Å²) in [6.45, 7) is 24.4. The van der Waals surface area contributed by atoms with Gasteiger partial charge in [-0.3, -0.25) is 0 Å². The summed E-state index contributed by atoms with van der Waals surface area (Å²) >= 11 is 1.52. The second-order valence-corrected chi connectivity index (χ2v) is 30.7. The smallest absolute Gasteiger partial charge is 0.416 e. The maximum Gasteiger partial charge on any atom is 0.416 e. The van der Waals surface area contributed by atoms with Crippen LogP contribution in [0.15, 0.2) is 161 Å². The highest BCUT2D eigenvalue weighted by atomic mass is 32.7. The molecule has 0 aliphatic carbocycles. The Morgan fingerprint density at radius 1 is 0.471 bits per heavy atom. The van der Waals surface area contributed by atoms with Crippen LogP contribution in [-0.2, 0) is 31.1 Å². The van der Waals surface area contributed by atoms with Gasteiger partial charge in [-0.25, -0.2) is 23.8 Å². The minimum atomic E-state index is -4.56. The first kappa shape index (κ1) is 71.5. The molecule has 3 aliphatic rings. The second-order valence-electron chi connectivity index (χ2n) is 21.9. The van der Waals surface area contributed by atoms with Crippen molar-refractivity contribution < 1.29 is 53.9 Å². The van der Waals surface area contributed by atoms with Crippen molar-refractivity contribution in [3.05, 3.63) is 213 Å². The fourth-order valence-corrected chi connectivity index (χ4v) is 16.8. The average molecular weight is 1280 g/mol. The summed E-state index contributed by atoms with van der Waals surface area (Å²) in [6.07, 6.45) is -9.00. The van der Waals surface area contributed by atoms with Crippen LogP contribution in [0.2, 0.25) is 0 Å². The van der Waals surface area contributed by atoms with Gasteiger partial charge >= 0.3 is 19.4 Å². The minimum Gasteiger partial charge on any atom is -0.475 e. The summed E-state index contributed by atoms with van der Waals surface area (Å²) in [7, 11) is -3.73. The van der Waals surface area contributed by atoms with Crippen LogP contribution in [0.3, 0.4) is 0 Å². The molecule has 87 heavy (non-hydrogen) atoms. The van der Waals surface area contributed by atoms with Crippen molar-refractivity contribution in [3.63, 3.8) is 0 Å². The Morgan fingerprint density at radius 3 is 1.11 bits per heavy atom. The molecule has 3 heterocycles. The van der Waals surface area contributed by atoms with Crippen LogP contribution in [-0.4, -0.2) is 67.1 Å². The normalized spacial score (nSPS) is 16.4. The number of aliphatic imine (C=N–C) groups is 3. The highest BCUT2D eigenvalue weighted by Crippen LogP contribution is 2.44. The number of halogens is 8. The van der Waals surface area contributed by atoms with Gasteiger partial charge in [0.15, 0.2) is 0 Å². The third-order valence-electron chi connectivity index (χ3n) is 13.2. The quantitative estimate of drug-likeness (QED) is 0.101. The first-order valence-corrected chi connectivity index (χ1v) is 33.2. The number of aryl methyl sites for hydroxylation is 5. The molecule has 19 heteroatoms. The summed E-state index contributed by atoms with van der Waals surface area (Å²) in [5.41, 5.74) is 4.55. The number of nitrogens with zero attached hydrogens (tertiary/aromatic N) is 3. The SMILES string of the molecule is C.C.C[P+](=O)SC(C)(C)C.Cc1ccc(P(c2ccc(C)c(F)c2)c2ccc(C(F)(F)F)cc2C2=N[C@@H](C)CO2)cc1F.Cc1ccc(P(c2ccc(C)cc2)c2ccc(C(F)(F)F)cc2C2=N[C@@H](C)CO2)cc1.Cc1ccccc1C1=N[C@@H](C)CO1. The predicted molar refractivity (Wildman–Crippen MR) is 351 cm³/mol. The van der Waals surface area contributed by atoms with E-state index in [1.54, 1.807) is 57.8 Å². The van der Waals surface area contributed by atoms with E-state index >= 15 is 0 Å². The monoisotopic (exact) mass is 1280 g/mol. The lowest BCUT2D eigenvalue weighted by molar-refractivity contribution is -0.138. The van der Waals surface area contributed by atoms with Crippen LogP contribution < -0.4 is 31.8 Å². The summed E-state index contributed by atoms with van der Waals surface area (Å²) in [5.74, 6) is 0.315. The van der Waals surface area contributed by atoms with Crippen LogP contribution in [0.5, 0.6) is 0 Å². The van der Waals surface area contributed by atoms with E-state index in [0.29, 0.717) is 57.8 Å². The summed E-state index contributed by atoms with van der Waals surface area (Å²) in [6, 6.07) is 41.3. The molecule has 0 saturated heterocycles. The van der Waals surface area contributed by atoms with Crippen LogP contribution in [0.1, 0.15) is 112 Å². The zero-order chi connectivity index (χ0) is 62.1. The number of alkyl halides is 6. The lowest BCUT2D eigenvalue weighted by Crippen LogP contribution is -2.27. The first-order valence-electron chi connectivity index (χ1n) is 27.4. The Hall–Kier alpha value is -6.30. The van der Waals surface area contributed by atoms with Gasteiger partial charge in [-0.15, -0.1) is 0 Å². The molecule has 0 saturated carbocycles. The van der Waals surface area contributed by atoms with Crippen molar-refractivity contribution >= 4 is 83.7 Å². The van der Waals surface area contributed by atoms with Crippen LogP contribution >= 0.6 is 34.2 Å². The fourth-order valence-electron chi connectivity index (χ4n) is 8.90. The lowest BCUT2D eigenvalue weighted by atomic mass is 10.1. The lowest BCUT2D eigenvalue weighted by Gasteiger charge is -2.23. The molecular formula is C68H77F8N3O4P3S+. The molecule has 3 aliphatic heterocycles. The first-order chi connectivity index (χ1) is 39.9. The molecule has 7 aromatic carbocycles. The molecule has 0 N–H and O–H groups in total. The van der Waals surface area contributed by atoms with Crippen LogP contribution in [0.25, 0.3) is 0 Å². The van der Waals surface area contributed by atoms with Gasteiger partial charge in [0.1, 0.15) is 49.5 Å². The van der Waals surface area contributed by atoms with E-state index in [0.717, 1.165) is 56.7 Å². The van der Waals surface area contributed by atoms with E-state index in [9.17, 15) is 39.7 Å². The van der Waals surface area contributed by atoms with Crippen LogP contribution in [0.4, 0.5) is 35.1 Å². The van der Waals surface area contributed by atoms with E-state index in [1.165, 1.54) is 41.2 Å². The van der Waals surface area contributed by atoms with Gasteiger partial charge in [0, 0.05) is 16.7 Å². The molecule has 4 atom stereocenters. The third-order valence-corrected chi connectivity index (χ3v) is 21.4.